The van der Waals surface area contributed by atoms with Crippen LogP contribution in [0.2, 0.25) is 0 Å². The number of thiocarbonyl (C=S) groups is 1. The van der Waals surface area contributed by atoms with E-state index in [4.69, 9.17) is 30.8 Å². The molecule has 0 fully saturated rings. The van der Waals surface area contributed by atoms with Crippen molar-refractivity contribution in [2.45, 2.75) is 0 Å². The first-order valence-electron chi connectivity index (χ1n) is 10.0. The van der Waals surface area contributed by atoms with E-state index in [0.717, 1.165) is 10.0 Å². The van der Waals surface area contributed by atoms with E-state index in [1.807, 2.05) is 24.3 Å². The van der Waals surface area contributed by atoms with E-state index in [0.29, 0.717) is 45.5 Å². The molecule has 10 heteroatoms. The highest BCUT2D eigenvalue weighted by Gasteiger charge is 2.18. The number of fused-ring (bicyclic) bond motifs is 1. The first-order valence-corrected chi connectivity index (χ1v) is 11.2. The molecule has 4 aromatic rings. The minimum absolute atomic E-state index is 0.118. The summed E-state index contributed by atoms with van der Waals surface area (Å²) in [5, 5.41) is 5.77. The average molecular weight is 542 g/mol. The Morgan fingerprint density at radius 2 is 1.71 bits per heavy atom. The zero-order valence-corrected chi connectivity index (χ0v) is 20.9. The van der Waals surface area contributed by atoms with Crippen molar-refractivity contribution in [1.29, 1.82) is 0 Å². The molecule has 3 aromatic carbocycles. The Hall–Kier alpha value is -3.63. The van der Waals surface area contributed by atoms with Crippen molar-refractivity contribution in [2.75, 3.05) is 26.6 Å². The predicted molar refractivity (Wildman–Crippen MR) is 137 cm³/mol. The first kappa shape index (κ1) is 23.5. The number of carbonyl (C=O) groups excluding carboxylic acids is 1. The lowest BCUT2D eigenvalue weighted by Crippen LogP contribution is -2.34. The standard InChI is InChI=1S/C24H20BrN3O5S/c1-30-19-10-13(11-20(31-2)21(19)32-3)22(29)28-24(34)26-14-8-9-18-17(12-14)27-23(33-18)15-6-4-5-7-16(15)25/h4-12H,1-3H3,(H2,26,28,29,34). The number of halogens is 1. The fourth-order valence-corrected chi connectivity index (χ4v) is 3.97. The monoisotopic (exact) mass is 541 g/mol. The number of hydrogen-bond donors (Lipinski definition) is 2. The Labute approximate surface area is 209 Å². The van der Waals surface area contributed by atoms with Gasteiger partial charge < -0.3 is 23.9 Å². The van der Waals surface area contributed by atoms with Gasteiger partial charge in [0.15, 0.2) is 22.2 Å². The van der Waals surface area contributed by atoms with Crippen LogP contribution in [0.3, 0.4) is 0 Å². The van der Waals surface area contributed by atoms with Crippen molar-refractivity contribution in [3.8, 4) is 28.7 Å². The van der Waals surface area contributed by atoms with Crippen LogP contribution in [0.25, 0.3) is 22.6 Å². The van der Waals surface area contributed by atoms with E-state index < -0.39 is 5.91 Å². The van der Waals surface area contributed by atoms with Gasteiger partial charge in [-0.1, -0.05) is 12.1 Å². The molecule has 0 spiro atoms. The Balaban J connectivity index is 1.50. The third kappa shape index (κ3) is 4.82. The van der Waals surface area contributed by atoms with Crippen LogP contribution in [0.4, 0.5) is 5.69 Å². The lowest BCUT2D eigenvalue weighted by atomic mass is 10.1. The molecular weight excluding hydrogens is 522 g/mol. The normalized spacial score (nSPS) is 10.6. The second-order valence-corrected chi connectivity index (χ2v) is 8.27. The third-order valence-corrected chi connectivity index (χ3v) is 5.80. The van der Waals surface area contributed by atoms with Gasteiger partial charge in [0.25, 0.3) is 5.91 Å². The van der Waals surface area contributed by atoms with Gasteiger partial charge in [-0.05, 0) is 70.6 Å². The second-order valence-electron chi connectivity index (χ2n) is 7.00. The molecule has 1 heterocycles. The van der Waals surface area contributed by atoms with E-state index in [1.165, 1.54) is 21.3 Å². The number of rotatable bonds is 6. The summed E-state index contributed by atoms with van der Waals surface area (Å²) >= 11 is 8.84. The number of amides is 1. The molecule has 0 radical (unpaired) electrons. The number of hydrogen-bond acceptors (Lipinski definition) is 7. The maximum atomic E-state index is 12.8. The molecule has 1 aromatic heterocycles. The summed E-state index contributed by atoms with van der Waals surface area (Å²) in [6.07, 6.45) is 0. The van der Waals surface area contributed by atoms with Gasteiger partial charge in [0.1, 0.15) is 5.52 Å². The molecule has 2 N–H and O–H groups in total. The van der Waals surface area contributed by atoms with Crippen LogP contribution in [0, 0.1) is 0 Å². The molecule has 0 unspecified atom stereocenters. The lowest BCUT2D eigenvalue weighted by Gasteiger charge is -2.14. The van der Waals surface area contributed by atoms with Crippen molar-refractivity contribution in [2.24, 2.45) is 0 Å². The maximum Gasteiger partial charge on any atom is 0.257 e. The van der Waals surface area contributed by atoms with E-state index in [2.05, 4.69) is 31.5 Å². The number of methoxy groups -OCH3 is 3. The molecule has 174 valence electrons. The van der Waals surface area contributed by atoms with Crippen LogP contribution in [0.15, 0.2) is 63.5 Å². The lowest BCUT2D eigenvalue weighted by molar-refractivity contribution is 0.0977. The van der Waals surface area contributed by atoms with Crippen LogP contribution >= 0.6 is 28.1 Å². The van der Waals surface area contributed by atoms with Crippen LogP contribution in [-0.4, -0.2) is 37.3 Å². The number of benzene rings is 3. The minimum atomic E-state index is -0.435. The Kier molecular flexibility index (Phi) is 6.99. The fraction of sp³-hybridized carbons (Fsp3) is 0.125. The topological polar surface area (TPSA) is 94.9 Å². The summed E-state index contributed by atoms with van der Waals surface area (Å²) in [5.41, 5.74) is 3.07. The van der Waals surface area contributed by atoms with Gasteiger partial charge in [-0.15, -0.1) is 0 Å². The largest absolute Gasteiger partial charge is 0.493 e. The molecule has 0 bridgehead atoms. The summed E-state index contributed by atoms with van der Waals surface area (Å²) in [4.78, 5) is 17.3. The number of nitrogens with zero attached hydrogens (tertiary/aromatic N) is 1. The molecule has 0 atom stereocenters. The summed E-state index contributed by atoms with van der Waals surface area (Å²) in [6, 6.07) is 16.1. The quantitative estimate of drug-likeness (QED) is 0.313. The maximum absolute atomic E-state index is 12.8. The highest BCUT2D eigenvalue weighted by Crippen LogP contribution is 2.38. The second kappa shape index (κ2) is 10.1. The first-order chi connectivity index (χ1) is 16.4. The van der Waals surface area contributed by atoms with E-state index >= 15 is 0 Å². The van der Waals surface area contributed by atoms with Crippen LogP contribution < -0.4 is 24.8 Å². The number of aromatic nitrogens is 1. The van der Waals surface area contributed by atoms with Gasteiger partial charge in [0.05, 0.1) is 26.9 Å². The molecule has 0 saturated carbocycles. The number of anilines is 1. The van der Waals surface area contributed by atoms with Crippen LogP contribution in [0.5, 0.6) is 17.2 Å². The SMILES string of the molecule is COc1cc(C(=O)NC(=S)Nc2ccc3oc(-c4ccccc4Br)nc3c2)cc(OC)c1OC. The van der Waals surface area contributed by atoms with Gasteiger partial charge in [-0.2, -0.15) is 0 Å². The van der Waals surface area contributed by atoms with Crippen LogP contribution in [0.1, 0.15) is 10.4 Å². The molecule has 8 nitrogen and oxygen atoms in total. The smallest absolute Gasteiger partial charge is 0.257 e. The summed E-state index contributed by atoms with van der Waals surface area (Å²) < 4.78 is 22.6. The summed E-state index contributed by atoms with van der Waals surface area (Å²) in [5.74, 6) is 1.19. The molecular formula is C24H20BrN3O5S. The van der Waals surface area contributed by atoms with Crippen molar-refractivity contribution in [1.82, 2.24) is 10.3 Å². The van der Waals surface area contributed by atoms with Crippen molar-refractivity contribution in [3.63, 3.8) is 0 Å². The Bertz CT molecular complexity index is 1360. The molecule has 0 saturated heterocycles. The van der Waals surface area contributed by atoms with Crippen molar-refractivity contribution in [3.05, 3.63) is 64.6 Å². The number of carbonyl (C=O) groups is 1. The summed E-state index contributed by atoms with van der Waals surface area (Å²) in [7, 11) is 4.45. The van der Waals surface area contributed by atoms with Gasteiger partial charge in [-0.3, -0.25) is 10.1 Å². The molecule has 0 aliphatic carbocycles. The third-order valence-electron chi connectivity index (χ3n) is 4.90. The zero-order chi connectivity index (χ0) is 24.2. The van der Waals surface area contributed by atoms with Crippen molar-refractivity contribution >= 4 is 56.0 Å². The number of nitrogens with one attached hydrogen (secondary N) is 2. The van der Waals surface area contributed by atoms with E-state index in [1.54, 1.807) is 30.3 Å². The van der Waals surface area contributed by atoms with Gasteiger partial charge >= 0.3 is 0 Å². The van der Waals surface area contributed by atoms with Crippen LogP contribution in [-0.2, 0) is 0 Å². The number of oxazole rings is 1. The minimum Gasteiger partial charge on any atom is -0.493 e. The average Bonchev–Trinajstić information content (AvgIpc) is 3.26. The van der Waals surface area contributed by atoms with Gasteiger partial charge in [0, 0.05) is 15.7 Å². The zero-order valence-electron chi connectivity index (χ0n) is 18.5. The van der Waals surface area contributed by atoms with Gasteiger partial charge in [-0.25, -0.2) is 4.98 Å². The van der Waals surface area contributed by atoms with Gasteiger partial charge in [0.2, 0.25) is 11.6 Å². The molecule has 34 heavy (non-hydrogen) atoms. The highest BCUT2D eigenvalue weighted by molar-refractivity contribution is 9.10. The van der Waals surface area contributed by atoms with E-state index in [-0.39, 0.29) is 5.11 Å². The van der Waals surface area contributed by atoms with E-state index in [9.17, 15) is 4.79 Å². The van der Waals surface area contributed by atoms with Crippen molar-refractivity contribution < 1.29 is 23.4 Å². The predicted octanol–water partition coefficient (Wildman–Crippen LogP) is 5.41. The number of ether oxygens (including phenoxy) is 3. The highest BCUT2D eigenvalue weighted by atomic mass is 79.9. The molecule has 4 rings (SSSR count). The fourth-order valence-electron chi connectivity index (χ4n) is 3.30. The Morgan fingerprint density at radius 3 is 2.35 bits per heavy atom. The molecule has 0 aliphatic rings. The Morgan fingerprint density at radius 1 is 1.00 bits per heavy atom. The molecule has 1 amide bonds. The molecule has 0 aliphatic heterocycles. The summed E-state index contributed by atoms with van der Waals surface area (Å²) in [6.45, 7) is 0.